The number of benzene rings is 2. The van der Waals surface area contributed by atoms with Gasteiger partial charge in [-0.2, -0.15) is 5.26 Å². The van der Waals surface area contributed by atoms with Crippen LogP contribution in [0.3, 0.4) is 0 Å². The minimum absolute atomic E-state index is 0.420. The van der Waals surface area contributed by atoms with Gasteiger partial charge in [0.25, 0.3) is 0 Å². The molecule has 0 bridgehead atoms. The highest BCUT2D eigenvalue weighted by Gasteiger charge is 2.06. The molecule has 0 unspecified atom stereocenters. The van der Waals surface area contributed by atoms with Crippen LogP contribution in [0.2, 0.25) is 0 Å². The summed E-state index contributed by atoms with van der Waals surface area (Å²) in [5.74, 6) is 0.831. The van der Waals surface area contributed by atoms with Crippen LogP contribution in [-0.4, -0.2) is 7.11 Å². The predicted molar refractivity (Wildman–Crippen MR) is 67.7 cm³/mol. The van der Waals surface area contributed by atoms with E-state index in [4.69, 9.17) is 10.00 Å². The first-order chi connectivity index (χ1) is 8.35. The summed E-state index contributed by atoms with van der Waals surface area (Å²) in [5, 5.41) is 8.73. The molecule has 0 fully saturated rings. The van der Waals surface area contributed by atoms with Crippen molar-refractivity contribution in [1.29, 1.82) is 5.26 Å². The zero-order chi connectivity index (χ0) is 12.1. The Balaban J connectivity index is 2.51. The summed E-state index contributed by atoms with van der Waals surface area (Å²) in [6.07, 6.45) is 0.420. The number of hydrogen-bond donors (Lipinski definition) is 0. The molecule has 0 amide bonds. The Hall–Kier alpha value is -2.27. The van der Waals surface area contributed by atoms with Crippen LogP contribution in [-0.2, 0) is 6.42 Å². The Labute approximate surface area is 101 Å². The van der Waals surface area contributed by atoms with Gasteiger partial charge in [-0.05, 0) is 23.3 Å². The molecular weight excluding hydrogens is 210 g/mol. The van der Waals surface area contributed by atoms with Gasteiger partial charge in [0.05, 0.1) is 19.6 Å². The standard InChI is InChI=1S/C15H13NO/c1-17-15-8-7-12(9-10-16)11-14(15)13-5-3-2-4-6-13/h2-8,11H,9H2,1H3. The number of ether oxygens (including phenoxy) is 1. The van der Waals surface area contributed by atoms with Crippen LogP contribution in [0.1, 0.15) is 5.56 Å². The number of hydrogen-bond acceptors (Lipinski definition) is 2. The summed E-state index contributed by atoms with van der Waals surface area (Å²) in [5.41, 5.74) is 3.14. The van der Waals surface area contributed by atoms with Gasteiger partial charge in [-0.1, -0.05) is 36.4 Å². The van der Waals surface area contributed by atoms with E-state index in [-0.39, 0.29) is 0 Å². The van der Waals surface area contributed by atoms with E-state index in [9.17, 15) is 0 Å². The highest BCUT2D eigenvalue weighted by molar-refractivity contribution is 5.71. The SMILES string of the molecule is COc1ccc(CC#N)cc1-c1ccccc1. The molecule has 0 atom stereocenters. The van der Waals surface area contributed by atoms with Crippen LogP contribution >= 0.6 is 0 Å². The number of nitrogens with zero attached hydrogens (tertiary/aromatic N) is 1. The molecule has 0 saturated heterocycles. The summed E-state index contributed by atoms with van der Waals surface area (Å²) >= 11 is 0. The fourth-order valence-corrected chi connectivity index (χ4v) is 1.80. The monoisotopic (exact) mass is 223 g/mol. The van der Waals surface area contributed by atoms with Gasteiger partial charge in [0.15, 0.2) is 0 Å². The number of rotatable bonds is 3. The third-order valence-electron chi connectivity index (χ3n) is 2.63. The third-order valence-corrected chi connectivity index (χ3v) is 2.63. The van der Waals surface area contributed by atoms with Crippen LogP contribution in [0, 0.1) is 11.3 Å². The maximum absolute atomic E-state index is 8.73. The molecule has 0 aliphatic carbocycles. The summed E-state index contributed by atoms with van der Waals surface area (Å²) in [4.78, 5) is 0. The van der Waals surface area contributed by atoms with Gasteiger partial charge in [-0.3, -0.25) is 0 Å². The molecule has 2 rings (SSSR count). The molecular formula is C15H13NO. The van der Waals surface area contributed by atoms with Crippen LogP contribution in [0.4, 0.5) is 0 Å². The minimum Gasteiger partial charge on any atom is -0.496 e. The molecule has 2 aromatic carbocycles. The van der Waals surface area contributed by atoms with E-state index in [0.29, 0.717) is 6.42 Å². The van der Waals surface area contributed by atoms with E-state index in [0.717, 1.165) is 22.4 Å². The van der Waals surface area contributed by atoms with Crippen LogP contribution < -0.4 is 4.74 Å². The van der Waals surface area contributed by atoms with Crippen molar-refractivity contribution in [1.82, 2.24) is 0 Å². The van der Waals surface area contributed by atoms with Gasteiger partial charge in [-0.25, -0.2) is 0 Å². The Morgan fingerprint density at radius 1 is 1.12 bits per heavy atom. The predicted octanol–water partition coefficient (Wildman–Crippen LogP) is 3.43. The highest BCUT2D eigenvalue weighted by Crippen LogP contribution is 2.30. The van der Waals surface area contributed by atoms with E-state index in [1.165, 1.54) is 0 Å². The molecule has 0 N–H and O–H groups in total. The number of nitriles is 1. The lowest BCUT2D eigenvalue weighted by atomic mass is 10.0. The normalized spacial score (nSPS) is 9.65. The largest absolute Gasteiger partial charge is 0.496 e. The Kier molecular flexibility index (Phi) is 3.42. The maximum Gasteiger partial charge on any atom is 0.126 e. The molecule has 17 heavy (non-hydrogen) atoms. The van der Waals surface area contributed by atoms with Crippen LogP contribution in [0.25, 0.3) is 11.1 Å². The lowest BCUT2D eigenvalue weighted by molar-refractivity contribution is 0.416. The second-order valence-electron chi connectivity index (χ2n) is 3.74. The summed E-state index contributed by atoms with van der Waals surface area (Å²) in [7, 11) is 1.66. The Bertz CT molecular complexity index is 541. The van der Waals surface area contributed by atoms with E-state index >= 15 is 0 Å². The molecule has 0 saturated carbocycles. The van der Waals surface area contributed by atoms with Crippen LogP contribution in [0.15, 0.2) is 48.5 Å². The zero-order valence-corrected chi connectivity index (χ0v) is 9.68. The zero-order valence-electron chi connectivity index (χ0n) is 9.68. The van der Waals surface area contributed by atoms with E-state index in [2.05, 4.69) is 6.07 Å². The fraction of sp³-hybridized carbons (Fsp3) is 0.133. The summed E-state index contributed by atoms with van der Waals surface area (Å²) in [6, 6.07) is 18.0. The minimum atomic E-state index is 0.420. The van der Waals surface area contributed by atoms with Gasteiger partial charge in [0.2, 0.25) is 0 Å². The second-order valence-corrected chi connectivity index (χ2v) is 3.74. The topological polar surface area (TPSA) is 33.0 Å². The smallest absolute Gasteiger partial charge is 0.126 e. The van der Waals surface area contributed by atoms with Gasteiger partial charge >= 0.3 is 0 Å². The van der Waals surface area contributed by atoms with Crippen molar-refractivity contribution in [2.45, 2.75) is 6.42 Å². The molecule has 2 aromatic rings. The second kappa shape index (κ2) is 5.18. The lowest BCUT2D eigenvalue weighted by Crippen LogP contribution is -1.90. The first-order valence-corrected chi connectivity index (χ1v) is 5.44. The molecule has 0 aliphatic rings. The Morgan fingerprint density at radius 2 is 1.88 bits per heavy atom. The molecule has 0 aromatic heterocycles. The lowest BCUT2D eigenvalue weighted by Gasteiger charge is -2.09. The van der Waals surface area contributed by atoms with Crippen molar-refractivity contribution in [3.8, 4) is 22.9 Å². The molecule has 0 aliphatic heterocycles. The van der Waals surface area contributed by atoms with Crippen molar-refractivity contribution in [2.75, 3.05) is 7.11 Å². The van der Waals surface area contributed by atoms with E-state index in [1.54, 1.807) is 7.11 Å². The van der Waals surface area contributed by atoms with Crippen molar-refractivity contribution >= 4 is 0 Å². The average molecular weight is 223 g/mol. The summed E-state index contributed by atoms with van der Waals surface area (Å²) < 4.78 is 5.35. The fourth-order valence-electron chi connectivity index (χ4n) is 1.80. The molecule has 0 heterocycles. The average Bonchev–Trinajstić information content (AvgIpc) is 2.40. The number of methoxy groups -OCH3 is 1. The molecule has 2 heteroatoms. The molecule has 0 spiro atoms. The van der Waals surface area contributed by atoms with Crippen molar-refractivity contribution in [3.63, 3.8) is 0 Å². The highest BCUT2D eigenvalue weighted by atomic mass is 16.5. The van der Waals surface area contributed by atoms with Gasteiger partial charge < -0.3 is 4.74 Å². The Morgan fingerprint density at radius 3 is 2.53 bits per heavy atom. The quantitative estimate of drug-likeness (QED) is 0.798. The van der Waals surface area contributed by atoms with Gasteiger partial charge in [0, 0.05) is 5.56 Å². The maximum atomic E-state index is 8.73. The first kappa shape index (κ1) is 11.2. The van der Waals surface area contributed by atoms with Gasteiger partial charge in [0.1, 0.15) is 5.75 Å². The third kappa shape index (κ3) is 2.46. The summed E-state index contributed by atoms with van der Waals surface area (Å²) in [6.45, 7) is 0. The van der Waals surface area contributed by atoms with Gasteiger partial charge in [-0.15, -0.1) is 0 Å². The first-order valence-electron chi connectivity index (χ1n) is 5.44. The van der Waals surface area contributed by atoms with Crippen molar-refractivity contribution in [2.24, 2.45) is 0 Å². The molecule has 2 nitrogen and oxygen atoms in total. The van der Waals surface area contributed by atoms with E-state index in [1.807, 2.05) is 48.5 Å². The van der Waals surface area contributed by atoms with Crippen molar-refractivity contribution in [3.05, 3.63) is 54.1 Å². The molecule has 0 radical (unpaired) electrons. The van der Waals surface area contributed by atoms with Crippen molar-refractivity contribution < 1.29 is 4.74 Å². The molecule has 84 valence electrons. The van der Waals surface area contributed by atoms with Crippen LogP contribution in [0.5, 0.6) is 5.75 Å². The van der Waals surface area contributed by atoms with E-state index < -0.39 is 0 Å².